The van der Waals surface area contributed by atoms with Crippen molar-refractivity contribution in [1.82, 2.24) is 0 Å². The van der Waals surface area contributed by atoms with E-state index in [0.717, 1.165) is 16.3 Å². The zero-order valence-electron chi connectivity index (χ0n) is 11.5. The molecule has 1 unspecified atom stereocenters. The first-order chi connectivity index (χ1) is 9.72. The van der Waals surface area contributed by atoms with E-state index in [1.165, 1.54) is 6.08 Å². The predicted molar refractivity (Wildman–Crippen MR) is 79.3 cm³/mol. The maximum absolute atomic E-state index is 11.2. The number of aliphatic hydroxyl groups is 1. The van der Waals surface area contributed by atoms with Gasteiger partial charge in [0.25, 0.3) is 0 Å². The SMILES string of the molecule is CCOC(=O)C=CCC(O)c1cccc2ccccc12. The molecule has 0 saturated heterocycles. The van der Waals surface area contributed by atoms with E-state index >= 15 is 0 Å². The number of hydrogen-bond acceptors (Lipinski definition) is 3. The number of aliphatic hydroxyl groups excluding tert-OH is 1. The van der Waals surface area contributed by atoms with E-state index in [1.54, 1.807) is 13.0 Å². The summed E-state index contributed by atoms with van der Waals surface area (Å²) in [6.07, 6.45) is 2.75. The van der Waals surface area contributed by atoms with Crippen molar-refractivity contribution in [1.29, 1.82) is 0 Å². The normalized spacial score (nSPS) is 12.7. The highest BCUT2D eigenvalue weighted by molar-refractivity contribution is 5.86. The fourth-order valence-corrected chi connectivity index (χ4v) is 2.15. The largest absolute Gasteiger partial charge is 0.463 e. The fourth-order valence-electron chi connectivity index (χ4n) is 2.15. The van der Waals surface area contributed by atoms with E-state index in [0.29, 0.717) is 13.0 Å². The molecule has 0 aromatic heterocycles. The number of benzene rings is 2. The molecule has 1 atom stereocenters. The second-order valence-electron chi connectivity index (χ2n) is 4.47. The smallest absolute Gasteiger partial charge is 0.330 e. The van der Waals surface area contributed by atoms with E-state index in [1.807, 2.05) is 42.5 Å². The lowest BCUT2D eigenvalue weighted by atomic mass is 9.99. The summed E-state index contributed by atoms with van der Waals surface area (Å²) in [7, 11) is 0. The van der Waals surface area contributed by atoms with Crippen molar-refractivity contribution in [3.63, 3.8) is 0 Å². The van der Waals surface area contributed by atoms with E-state index < -0.39 is 6.10 Å². The summed E-state index contributed by atoms with van der Waals surface area (Å²) in [6, 6.07) is 13.8. The van der Waals surface area contributed by atoms with Gasteiger partial charge in [-0.1, -0.05) is 48.5 Å². The van der Waals surface area contributed by atoms with Crippen LogP contribution in [0.1, 0.15) is 25.0 Å². The summed E-state index contributed by atoms with van der Waals surface area (Å²) in [4.78, 5) is 11.2. The fraction of sp³-hybridized carbons (Fsp3) is 0.235. The van der Waals surface area contributed by atoms with Crippen LogP contribution in [0.25, 0.3) is 10.8 Å². The van der Waals surface area contributed by atoms with Gasteiger partial charge in [-0.15, -0.1) is 0 Å². The Balaban J connectivity index is 2.12. The Hall–Kier alpha value is -2.13. The van der Waals surface area contributed by atoms with E-state index in [2.05, 4.69) is 0 Å². The molecule has 0 bridgehead atoms. The molecule has 2 rings (SSSR count). The number of carbonyl (C=O) groups is 1. The van der Waals surface area contributed by atoms with Gasteiger partial charge < -0.3 is 9.84 Å². The number of carbonyl (C=O) groups excluding carboxylic acids is 1. The summed E-state index contributed by atoms with van der Waals surface area (Å²) >= 11 is 0. The summed E-state index contributed by atoms with van der Waals surface area (Å²) < 4.78 is 4.79. The number of hydrogen-bond donors (Lipinski definition) is 1. The highest BCUT2D eigenvalue weighted by atomic mass is 16.5. The van der Waals surface area contributed by atoms with Crippen molar-refractivity contribution < 1.29 is 14.6 Å². The van der Waals surface area contributed by atoms with E-state index in [4.69, 9.17) is 4.74 Å². The summed E-state index contributed by atoms with van der Waals surface area (Å²) in [5.41, 5.74) is 0.872. The average molecular weight is 270 g/mol. The Morgan fingerprint density at radius 2 is 2.00 bits per heavy atom. The lowest BCUT2D eigenvalue weighted by Crippen LogP contribution is -2.00. The molecule has 0 amide bonds. The van der Waals surface area contributed by atoms with Gasteiger partial charge in [-0.3, -0.25) is 0 Å². The minimum absolute atomic E-state index is 0.356. The molecule has 0 spiro atoms. The second-order valence-corrected chi connectivity index (χ2v) is 4.47. The van der Waals surface area contributed by atoms with Gasteiger partial charge in [-0.25, -0.2) is 4.79 Å². The van der Waals surface area contributed by atoms with Gasteiger partial charge in [0.2, 0.25) is 0 Å². The van der Waals surface area contributed by atoms with Crippen LogP contribution in [-0.2, 0) is 9.53 Å². The molecule has 0 aliphatic carbocycles. The maximum atomic E-state index is 11.2. The van der Waals surface area contributed by atoms with Gasteiger partial charge in [0.05, 0.1) is 12.7 Å². The lowest BCUT2D eigenvalue weighted by molar-refractivity contribution is -0.137. The number of fused-ring (bicyclic) bond motifs is 1. The molecule has 0 fully saturated rings. The molecule has 104 valence electrons. The first-order valence-electron chi connectivity index (χ1n) is 6.71. The Morgan fingerprint density at radius 3 is 2.80 bits per heavy atom. The van der Waals surface area contributed by atoms with Gasteiger partial charge in [-0.2, -0.15) is 0 Å². The van der Waals surface area contributed by atoms with Crippen LogP contribution >= 0.6 is 0 Å². The van der Waals surface area contributed by atoms with E-state index in [-0.39, 0.29) is 5.97 Å². The molecular weight excluding hydrogens is 252 g/mol. The van der Waals surface area contributed by atoms with Crippen LogP contribution < -0.4 is 0 Å². The van der Waals surface area contributed by atoms with Crippen molar-refractivity contribution in [2.75, 3.05) is 6.61 Å². The van der Waals surface area contributed by atoms with Crippen LogP contribution in [-0.4, -0.2) is 17.7 Å². The van der Waals surface area contributed by atoms with Crippen LogP contribution in [0.2, 0.25) is 0 Å². The van der Waals surface area contributed by atoms with Crippen LogP contribution in [0.3, 0.4) is 0 Å². The number of ether oxygens (including phenoxy) is 1. The molecule has 3 nitrogen and oxygen atoms in total. The summed E-state index contributed by atoms with van der Waals surface area (Å²) in [5.74, 6) is -0.377. The van der Waals surface area contributed by atoms with Crippen LogP contribution in [0.5, 0.6) is 0 Å². The molecule has 0 aliphatic heterocycles. The summed E-state index contributed by atoms with van der Waals surface area (Å²) in [6.45, 7) is 2.12. The Kier molecular flexibility index (Phi) is 4.91. The van der Waals surface area contributed by atoms with Crippen LogP contribution in [0.4, 0.5) is 0 Å². The summed E-state index contributed by atoms with van der Waals surface area (Å²) in [5, 5.41) is 12.4. The van der Waals surface area contributed by atoms with Crippen LogP contribution in [0.15, 0.2) is 54.6 Å². The number of esters is 1. The van der Waals surface area contributed by atoms with Gasteiger partial charge in [0, 0.05) is 6.08 Å². The lowest BCUT2D eigenvalue weighted by Gasteiger charge is -2.11. The quantitative estimate of drug-likeness (QED) is 0.669. The minimum Gasteiger partial charge on any atom is -0.463 e. The third kappa shape index (κ3) is 3.45. The molecule has 2 aromatic rings. The first-order valence-corrected chi connectivity index (χ1v) is 6.71. The molecule has 0 aliphatic rings. The predicted octanol–water partition coefficient (Wildman–Crippen LogP) is 3.38. The maximum Gasteiger partial charge on any atom is 0.330 e. The Labute approximate surface area is 118 Å². The van der Waals surface area contributed by atoms with Gasteiger partial charge >= 0.3 is 5.97 Å². The van der Waals surface area contributed by atoms with Crippen LogP contribution in [0, 0.1) is 0 Å². The molecule has 0 saturated carbocycles. The molecular formula is C17H18O3. The number of rotatable bonds is 5. The topological polar surface area (TPSA) is 46.5 Å². The zero-order chi connectivity index (χ0) is 14.4. The second kappa shape index (κ2) is 6.87. The van der Waals surface area contributed by atoms with Gasteiger partial charge in [-0.05, 0) is 29.7 Å². The Morgan fingerprint density at radius 1 is 1.25 bits per heavy atom. The first kappa shape index (κ1) is 14.3. The monoisotopic (exact) mass is 270 g/mol. The minimum atomic E-state index is -0.633. The molecule has 1 N–H and O–H groups in total. The van der Waals surface area contributed by atoms with Crippen molar-refractivity contribution in [3.8, 4) is 0 Å². The van der Waals surface area contributed by atoms with Crippen molar-refractivity contribution in [2.24, 2.45) is 0 Å². The highest BCUT2D eigenvalue weighted by Gasteiger charge is 2.09. The third-order valence-corrected chi connectivity index (χ3v) is 3.08. The molecule has 2 aromatic carbocycles. The molecule has 0 radical (unpaired) electrons. The van der Waals surface area contributed by atoms with Gasteiger partial charge in [0.15, 0.2) is 0 Å². The van der Waals surface area contributed by atoms with Gasteiger partial charge in [0.1, 0.15) is 0 Å². The van der Waals surface area contributed by atoms with Crippen molar-refractivity contribution in [2.45, 2.75) is 19.4 Å². The van der Waals surface area contributed by atoms with Crippen molar-refractivity contribution in [3.05, 3.63) is 60.2 Å². The van der Waals surface area contributed by atoms with E-state index in [9.17, 15) is 9.90 Å². The van der Waals surface area contributed by atoms with Crippen molar-refractivity contribution >= 4 is 16.7 Å². The zero-order valence-corrected chi connectivity index (χ0v) is 11.5. The molecule has 20 heavy (non-hydrogen) atoms. The molecule has 0 heterocycles. The standard InChI is InChI=1S/C17H18O3/c1-2-20-17(19)12-6-11-16(18)15-10-5-8-13-7-3-4-9-14(13)15/h3-10,12,16,18H,2,11H2,1H3. The Bertz CT molecular complexity index is 611. The average Bonchev–Trinajstić information content (AvgIpc) is 2.47. The highest BCUT2D eigenvalue weighted by Crippen LogP contribution is 2.26. The molecule has 3 heteroatoms. The third-order valence-electron chi connectivity index (χ3n) is 3.08.